The molecule has 0 spiro atoms. The zero-order valence-corrected chi connectivity index (χ0v) is 25.3. The highest BCUT2D eigenvalue weighted by molar-refractivity contribution is 6.48. The number of primary amides is 1. The number of hydrogen-bond donors (Lipinski definition) is 2. The van der Waals surface area contributed by atoms with Gasteiger partial charge in [0.2, 0.25) is 17.7 Å². The lowest BCUT2D eigenvalue weighted by Crippen LogP contribution is -2.56. The average molecular weight is 570 g/mol. The number of ether oxygens (including phenoxy) is 1. The fraction of sp³-hybridized carbons (Fsp3) is 0.710. The van der Waals surface area contributed by atoms with Gasteiger partial charge in [-0.1, -0.05) is 49.6 Å². The Morgan fingerprint density at radius 1 is 0.976 bits per heavy atom. The van der Waals surface area contributed by atoms with Gasteiger partial charge in [-0.15, -0.1) is 0 Å². The largest absolute Gasteiger partial charge is 0.481 e. The summed E-state index contributed by atoms with van der Waals surface area (Å²) >= 11 is 0. The first-order chi connectivity index (χ1) is 19.4. The molecule has 2 atom stereocenters. The van der Waals surface area contributed by atoms with Gasteiger partial charge in [0.15, 0.2) is 0 Å². The Morgan fingerprint density at radius 3 is 2.17 bits per heavy atom. The van der Waals surface area contributed by atoms with Crippen molar-refractivity contribution in [2.24, 2.45) is 17.1 Å². The molecule has 2 heterocycles. The van der Waals surface area contributed by atoms with Gasteiger partial charge in [0, 0.05) is 19.5 Å². The fourth-order valence-electron chi connectivity index (χ4n) is 6.39. The number of nitrogens with two attached hydrogens (primary N) is 1. The van der Waals surface area contributed by atoms with Crippen molar-refractivity contribution in [3.05, 3.63) is 35.9 Å². The molecule has 0 radical (unpaired) electrons. The molecule has 0 unspecified atom stereocenters. The Morgan fingerprint density at radius 2 is 1.59 bits per heavy atom. The number of benzene rings is 1. The molecule has 2 saturated heterocycles. The first kappa shape index (κ1) is 31.5. The van der Waals surface area contributed by atoms with Crippen LogP contribution in [0, 0.1) is 11.3 Å². The number of carbonyl (C=O) groups excluding carboxylic acids is 3. The average Bonchev–Trinajstić information content (AvgIpc) is 3.18. The molecule has 41 heavy (non-hydrogen) atoms. The van der Waals surface area contributed by atoms with Gasteiger partial charge in [0.1, 0.15) is 0 Å². The fourth-order valence-corrected chi connectivity index (χ4v) is 6.39. The van der Waals surface area contributed by atoms with E-state index in [0.29, 0.717) is 45.6 Å². The summed E-state index contributed by atoms with van der Waals surface area (Å²) in [7, 11) is -0.661. The third kappa shape index (κ3) is 7.32. The summed E-state index contributed by atoms with van der Waals surface area (Å²) in [5.41, 5.74) is 5.08. The number of nitrogens with one attached hydrogen (secondary N) is 1. The number of rotatable bonds is 11. The molecular weight excluding hydrogens is 521 g/mol. The van der Waals surface area contributed by atoms with Gasteiger partial charge in [-0.3, -0.25) is 14.4 Å². The number of morpholine rings is 1. The summed E-state index contributed by atoms with van der Waals surface area (Å²) in [5.74, 6) is -2.29. The quantitative estimate of drug-likeness (QED) is 0.394. The molecule has 3 amide bonds. The first-order valence-corrected chi connectivity index (χ1v) is 15.3. The Balaban J connectivity index is 1.57. The summed E-state index contributed by atoms with van der Waals surface area (Å²) in [4.78, 5) is 42.5. The number of hydrogen-bond acceptors (Lipinski definition) is 6. The normalized spacial score (nSPS) is 23.0. The van der Waals surface area contributed by atoms with Crippen LogP contribution in [0.2, 0.25) is 0 Å². The molecular formula is C31H48BN3O6. The molecule has 1 saturated carbocycles. The maximum absolute atomic E-state index is 14.3. The van der Waals surface area contributed by atoms with E-state index in [9.17, 15) is 14.4 Å². The van der Waals surface area contributed by atoms with E-state index < -0.39 is 41.5 Å². The molecule has 9 nitrogen and oxygen atoms in total. The van der Waals surface area contributed by atoms with Crippen LogP contribution in [0.5, 0.6) is 0 Å². The highest BCUT2D eigenvalue weighted by Crippen LogP contribution is 2.45. The van der Waals surface area contributed by atoms with Crippen molar-refractivity contribution in [3.8, 4) is 0 Å². The van der Waals surface area contributed by atoms with Gasteiger partial charge < -0.3 is 30.0 Å². The van der Waals surface area contributed by atoms with Crippen LogP contribution in [0.15, 0.2) is 30.3 Å². The van der Waals surface area contributed by atoms with Gasteiger partial charge in [-0.2, -0.15) is 0 Å². The van der Waals surface area contributed by atoms with Crippen LogP contribution in [0.1, 0.15) is 84.6 Å². The molecule has 0 bridgehead atoms. The first-order valence-electron chi connectivity index (χ1n) is 15.3. The molecule has 2 aliphatic heterocycles. The van der Waals surface area contributed by atoms with Gasteiger partial charge >= 0.3 is 7.12 Å². The third-order valence-electron chi connectivity index (χ3n) is 9.71. The monoisotopic (exact) mass is 569 g/mol. The van der Waals surface area contributed by atoms with Gasteiger partial charge in [0.05, 0.1) is 41.7 Å². The van der Waals surface area contributed by atoms with Crippen molar-refractivity contribution >= 4 is 24.8 Å². The molecule has 3 aliphatic rings. The Kier molecular flexibility index (Phi) is 10.2. The minimum absolute atomic E-state index is 0.0606. The Bertz CT molecular complexity index is 1040. The highest BCUT2D eigenvalue weighted by atomic mass is 16.7. The van der Waals surface area contributed by atoms with E-state index in [4.69, 9.17) is 19.8 Å². The second-order valence-corrected chi connectivity index (χ2v) is 12.9. The standard InChI is InChI=1S/C31H48BN3O6/c1-29(2)30(3,4)41-32(40-29)25(15-11-14-23-12-7-5-8-13-23)34-27(37)24(22-26(36)35-18-20-39-21-19-35)31(28(33)38)16-9-6-10-17-31/h5,7-8,12-13,24-25H,6,9-11,14-22H2,1-4H3,(H2,33,38)(H,34,37)/t24-,25-/m0/s1. The lowest BCUT2D eigenvalue weighted by Gasteiger charge is -2.41. The van der Waals surface area contributed by atoms with Crippen molar-refractivity contribution in [3.63, 3.8) is 0 Å². The van der Waals surface area contributed by atoms with Crippen molar-refractivity contribution in [1.29, 1.82) is 0 Å². The smallest absolute Gasteiger partial charge is 0.402 e. The summed E-state index contributed by atoms with van der Waals surface area (Å²) in [6.45, 7) is 9.85. The molecule has 0 aromatic heterocycles. The van der Waals surface area contributed by atoms with Gasteiger partial charge in [0.25, 0.3) is 0 Å². The maximum Gasteiger partial charge on any atom is 0.481 e. The zero-order chi connectivity index (χ0) is 29.7. The Labute approximate surface area is 245 Å². The predicted octanol–water partition coefficient (Wildman–Crippen LogP) is 3.43. The lowest BCUT2D eigenvalue weighted by atomic mass is 9.63. The molecule has 3 N–H and O–H groups in total. The predicted molar refractivity (Wildman–Crippen MR) is 158 cm³/mol. The number of nitrogens with zero attached hydrogens (tertiary/aromatic N) is 1. The molecule has 1 aromatic carbocycles. The number of amides is 3. The van der Waals surface area contributed by atoms with Crippen LogP contribution in [0.4, 0.5) is 0 Å². The SMILES string of the molecule is CC1(C)OB([C@H](CCCc2ccccc2)NC(=O)[C@H](CC(=O)N2CCOCC2)C2(C(N)=O)CCCCC2)OC1(C)C. The second-order valence-electron chi connectivity index (χ2n) is 12.9. The van der Waals surface area contributed by atoms with E-state index in [2.05, 4.69) is 17.4 Å². The van der Waals surface area contributed by atoms with Crippen LogP contribution in [0.25, 0.3) is 0 Å². The zero-order valence-electron chi connectivity index (χ0n) is 25.3. The van der Waals surface area contributed by atoms with E-state index >= 15 is 0 Å². The van der Waals surface area contributed by atoms with Crippen molar-refractivity contribution in [2.45, 2.75) is 103 Å². The summed E-state index contributed by atoms with van der Waals surface area (Å²) in [6.07, 6.45) is 5.80. The van der Waals surface area contributed by atoms with Crippen LogP contribution in [-0.4, -0.2) is 73.2 Å². The van der Waals surface area contributed by atoms with E-state index in [1.165, 1.54) is 5.56 Å². The van der Waals surface area contributed by atoms with Crippen LogP contribution >= 0.6 is 0 Å². The second kappa shape index (κ2) is 13.3. The van der Waals surface area contributed by atoms with Crippen LogP contribution in [0.3, 0.4) is 0 Å². The third-order valence-corrected chi connectivity index (χ3v) is 9.71. The minimum Gasteiger partial charge on any atom is -0.402 e. The van der Waals surface area contributed by atoms with E-state index in [0.717, 1.165) is 32.1 Å². The molecule has 3 fully saturated rings. The number of carbonyl (C=O) groups is 3. The van der Waals surface area contributed by atoms with Gasteiger partial charge in [-0.25, -0.2) is 0 Å². The molecule has 1 aliphatic carbocycles. The maximum atomic E-state index is 14.3. The molecule has 226 valence electrons. The molecule has 10 heteroatoms. The van der Waals surface area contributed by atoms with Crippen molar-refractivity contribution in [1.82, 2.24) is 10.2 Å². The van der Waals surface area contributed by atoms with E-state index in [-0.39, 0.29) is 18.2 Å². The molecule has 1 aromatic rings. The van der Waals surface area contributed by atoms with Crippen LogP contribution in [-0.2, 0) is 34.9 Å². The highest BCUT2D eigenvalue weighted by Gasteiger charge is 2.55. The van der Waals surface area contributed by atoms with Crippen molar-refractivity contribution in [2.75, 3.05) is 26.3 Å². The molecule has 4 rings (SSSR count). The van der Waals surface area contributed by atoms with Gasteiger partial charge in [-0.05, 0) is 65.4 Å². The van der Waals surface area contributed by atoms with E-state index in [1.807, 2.05) is 45.9 Å². The minimum atomic E-state index is -1.06. The summed E-state index contributed by atoms with van der Waals surface area (Å²) in [5, 5.41) is 3.21. The summed E-state index contributed by atoms with van der Waals surface area (Å²) in [6, 6.07) is 10.2. The topological polar surface area (TPSA) is 120 Å². The number of aryl methyl sites for hydroxylation is 1. The van der Waals surface area contributed by atoms with Crippen molar-refractivity contribution < 1.29 is 28.4 Å². The van der Waals surface area contributed by atoms with E-state index in [1.54, 1.807) is 4.90 Å². The summed E-state index contributed by atoms with van der Waals surface area (Å²) < 4.78 is 18.2. The Hall–Kier alpha value is -2.43. The lowest BCUT2D eigenvalue weighted by molar-refractivity contribution is -0.149. The van der Waals surface area contributed by atoms with Crippen LogP contribution < -0.4 is 11.1 Å².